The first-order chi connectivity index (χ1) is 9.48. The van der Waals surface area contributed by atoms with E-state index in [1.807, 2.05) is 0 Å². The van der Waals surface area contributed by atoms with Crippen molar-refractivity contribution < 1.29 is 23.0 Å². The van der Waals surface area contributed by atoms with Crippen molar-refractivity contribution in [2.75, 3.05) is 13.1 Å². The molecule has 0 aromatic heterocycles. The highest BCUT2D eigenvalue weighted by Crippen LogP contribution is 2.43. The van der Waals surface area contributed by atoms with E-state index >= 15 is 0 Å². The normalized spacial score (nSPS) is 12.2. The van der Waals surface area contributed by atoms with Gasteiger partial charge in [0, 0.05) is 19.9 Å². The van der Waals surface area contributed by atoms with E-state index in [2.05, 4.69) is 0 Å². The van der Waals surface area contributed by atoms with Crippen LogP contribution in [0.3, 0.4) is 0 Å². The molecule has 0 bridgehead atoms. The number of halogens is 5. The van der Waals surface area contributed by atoms with Crippen LogP contribution in [0.1, 0.15) is 5.56 Å². The zero-order chi connectivity index (χ0) is 16.4. The largest absolute Gasteiger partial charge is 0.411 e. The van der Waals surface area contributed by atoms with Gasteiger partial charge in [0.25, 0.3) is 0 Å². The maximum absolute atomic E-state index is 13.3. The summed E-state index contributed by atoms with van der Waals surface area (Å²) in [6.45, 7) is -3.40. The van der Waals surface area contributed by atoms with E-state index in [1.165, 1.54) is 0 Å². The van der Waals surface area contributed by atoms with Crippen molar-refractivity contribution in [3.05, 3.63) is 54.0 Å². The summed E-state index contributed by atoms with van der Waals surface area (Å²) in [6, 6.07) is 2.69. The van der Waals surface area contributed by atoms with E-state index in [0.717, 1.165) is 18.2 Å². The van der Waals surface area contributed by atoms with Gasteiger partial charge in [-0.3, -0.25) is 20.2 Å². The van der Waals surface area contributed by atoms with E-state index in [9.17, 15) is 33.4 Å². The zero-order valence-electron chi connectivity index (χ0n) is 10.1. The SMILES string of the molecule is O=[N+]([O-])CC(C[N+](=O)[O-])(c1cc(Cl)cc(Cl)c1)C(F)(F)F. The molecule has 21 heavy (non-hydrogen) atoms. The quantitative estimate of drug-likeness (QED) is 0.604. The van der Waals surface area contributed by atoms with Crippen molar-refractivity contribution >= 4 is 23.2 Å². The minimum atomic E-state index is -5.23. The van der Waals surface area contributed by atoms with Crippen LogP contribution < -0.4 is 0 Å². The number of rotatable bonds is 5. The lowest BCUT2D eigenvalue weighted by Crippen LogP contribution is -2.52. The second-order valence-corrected chi connectivity index (χ2v) is 5.09. The number of alkyl halides is 3. The third-order valence-corrected chi connectivity index (χ3v) is 3.19. The number of nitrogens with zero attached hydrogens (tertiary/aromatic N) is 2. The number of benzene rings is 1. The highest BCUT2D eigenvalue weighted by molar-refractivity contribution is 6.34. The van der Waals surface area contributed by atoms with Crippen LogP contribution in [-0.4, -0.2) is 29.1 Å². The molecule has 0 fully saturated rings. The summed E-state index contributed by atoms with van der Waals surface area (Å²) < 4.78 is 40.0. The highest BCUT2D eigenvalue weighted by atomic mass is 35.5. The van der Waals surface area contributed by atoms with Gasteiger partial charge in [0.15, 0.2) is 0 Å². The lowest BCUT2D eigenvalue weighted by molar-refractivity contribution is -0.544. The Bertz CT molecular complexity index is 544. The van der Waals surface area contributed by atoms with E-state index in [0.29, 0.717) is 0 Å². The van der Waals surface area contributed by atoms with Crippen LogP contribution in [-0.2, 0) is 5.41 Å². The van der Waals surface area contributed by atoms with Gasteiger partial charge < -0.3 is 0 Å². The summed E-state index contributed by atoms with van der Waals surface area (Å²) in [6.07, 6.45) is -5.23. The first-order valence-corrected chi connectivity index (χ1v) is 6.00. The predicted molar refractivity (Wildman–Crippen MR) is 67.9 cm³/mol. The molecule has 0 atom stereocenters. The third kappa shape index (κ3) is 3.94. The summed E-state index contributed by atoms with van der Waals surface area (Å²) in [5.41, 5.74) is -4.03. The van der Waals surface area contributed by atoms with E-state index in [-0.39, 0.29) is 10.0 Å². The molecule has 0 aliphatic carbocycles. The van der Waals surface area contributed by atoms with Gasteiger partial charge in [0.05, 0.1) is 0 Å². The van der Waals surface area contributed by atoms with Gasteiger partial charge in [-0.25, -0.2) is 0 Å². The Hall–Kier alpha value is -1.61. The summed E-state index contributed by atoms with van der Waals surface area (Å²) >= 11 is 11.2. The maximum atomic E-state index is 13.3. The second-order valence-electron chi connectivity index (χ2n) is 4.22. The third-order valence-electron chi connectivity index (χ3n) is 2.76. The predicted octanol–water partition coefficient (Wildman–Crippen LogP) is 3.35. The molecule has 0 saturated carbocycles. The molecule has 0 aliphatic rings. The Morgan fingerprint density at radius 2 is 1.33 bits per heavy atom. The fourth-order valence-electron chi connectivity index (χ4n) is 1.85. The summed E-state index contributed by atoms with van der Waals surface area (Å²) in [7, 11) is 0. The summed E-state index contributed by atoms with van der Waals surface area (Å²) in [5, 5.41) is 20.8. The van der Waals surface area contributed by atoms with E-state index in [1.54, 1.807) is 0 Å². The molecule has 0 heterocycles. The minimum Gasteiger partial charge on any atom is -0.265 e. The molecule has 0 aliphatic heterocycles. The smallest absolute Gasteiger partial charge is 0.265 e. The van der Waals surface area contributed by atoms with E-state index in [4.69, 9.17) is 23.2 Å². The molecule has 0 radical (unpaired) electrons. The van der Waals surface area contributed by atoms with Crippen LogP contribution >= 0.6 is 23.2 Å². The molecule has 6 nitrogen and oxygen atoms in total. The van der Waals surface area contributed by atoms with Gasteiger partial charge in [-0.05, 0) is 23.8 Å². The molecular weight excluding hydrogens is 340 g/mol. The van der Waals surface area contributed by atoms with Crippen LogP contribution in [0.4, 0.5) is 13.2 Å². The van der Waals surface area contributed by atoms with Crippen molar-refractivity contribution in [1.29, 1.82) is 0 Å². The van der Waals surface area contributed by atoms with Gasteiger partial charge in [-0.2, -0.15) is 13.2 Å². The molecule has 116 valence electrons. The van der Waals surface area contributed by atoms with Crippen LogP contribution in [0.15, 0.2) is 18.2 Å². The van der Waals surface area contributed by atoms with Crippen molar-refractivity contribution in [3.8, 4) is 0 Å². The van der Waals surface area contributed by atoms with Crippen molar-refractivity contribution in [1.82, 2.24) is 0 Å². The average Bonchev–Trinajstić information content (AvgIpc) is 2.23. The zero-order valence-corrected chi connectivity index (χ0v) is 11.6. The number of hydrogen-bond donors (Lipinski definition) is 0. The lowest BCUT2D eigenvalue weighted by atomic mass is 9.79. The Balaban J connectivity index is 3.60. The Morgan fingerprint density at radius 1 is 0.952 bits per heavy atom. The van der Waals surface area contributed by atoms with Crippen molar-refractivity contribution in [2.45, 2.75) is 11.6 Å². The Kier molecular flexibility index (Phi) is 5.00. The molecular formula is C10H7Cl2F3N2O4. The fraction of sp³-hybridized carbons (Fsp3) is 0.400. The van der Waals surface area contributed by atoms with Crippen molar-refractivity contribution in [3.63, 3.8) is 0 Å². The minimum absolute atomic E-state index is 0.210. The lowest BCUT2D eigenvalue weighted by Gasteiger charge is -2.29. The highest BCUT2D eigenvalue weighted by Gasteiger charge is 2.63. The number of nitro groups is 2. The first-order valence-electron chi connectivity index (χ1n) is 5.25. The molecule has 1 aromatic carbocycles. The first kappa shape index (κ1) is 17.4. The molecule has 11 heteroatoms. The molecule has 0 N–H and O–H groups in total. The Morgan fingerprint density at radius 3 is 1.62 bits per heavy atom. The topological polar surface area (TPSA) is 86.3 Å². The van der Waals surface area contributed by atoms with Crippen molar-refractivity contribution in [2.24, 2.45) is 0 Å². The second kappa shape index (κ2) is 6.02. The van der Waals surface area contributed by atoms with Gasteiger partial charge in [-0.15, -0.1) is 0 Å². The standard InChI is InChI=1S/C10H7Cl2F3N2O4/c11-7-1-6(2-8(12)3-7)9(4-16(18)19,5-17(20)21)10(13,14)15/h1-3H,4-5H2. The van der Waals surface area contributed by atoms with Gasteiger partial charge in [0.1, 0.15) is 0 Å². The molecule has 0 saturated heterocycles. The van der Waals surface area contributed by atoms with Crippen LogP contribution in [0.25, 0.3) is 0 Å². The molecule has 0 unspecified atom stereocenters. The van der Waals surface area contributed by atoms with Gasteiger partial charge in [-0.1, -0.05) is 23.2 Å². The fourth-order valence-corrected chi connectivity index (χ4v) is 2.37. The molecule has 1 rings (SSSR count). The van der Waals surface area contributed by atoms with Crippen LogP contribution in [0.5, 0.6) is 0 Å². The van der Waals surface area contributed by atoms with Crippen LogP contribution in [0.2, 0.25) is 10.0 Å². The summed E-state index contributed by atoms with van der Waals surface area (Å²) in [4.78, 5) is 18.7. The monoisotopic (exact) mass is 346 g/mol. The maximum Gasteiger partial charge on any atom is 0.411 e. The van der Waals surface area contributed by atoms with Crippen LogP contribution in [0, 0.1) is 20.2 Å². The van der Waals surface area contributed by atoms with E-state index < -0.39 is 40.1 Å². The molecule has 1 aromatic rings. The Labute approximate surface area is 125 Å². The molecule has 0 amide bonds. The summed E-state index contributed by atoms with van der Waals surface area (Å²) in [5.74, 6) is 0. The molecule has 0 spiro atoms. The number of hydrogen-bond acceptors (Lipinski definition) is 4. The van der Waals surface area contributed by atoms with Gasteiger partial charge >= 0.3 is 6.18 Å². The average molecular weight is 347 g/mol. The van der Waals surface area contributed by atoms with Gasteiger partial charge in [0.2, 0.25) is 18.5 Å².